The van der Waals surface area contributed by atoms with Crippen molar-refractivity contribution in [1.29, 1.82) is 0 Å². The molecule has 2 aromatic carbocycles. The first kappa shape index (κ1) is 25.0. The molecule has 0 spiro atoms. The van der Waals surface area contributed by atoms with E-state index in [2.05, 4.69) is 5.92 Å². The minimum atomic E-state index is -0.404. The summed E-state index contributed by atoms with van der Waals surface area (Å²) < 4.78 is 13.4. The number of rotatable bonds is 0. The van der Waals surface area contributed by atoms with Gasteiger partial charge in [0.2, 0.25) is 0 Å². The Hall–Kier alpha value is -0.946. The first-order valence-electron chi connectivity index (χ1n) is 6.52. The molecule has 0 heterocycles. The molecule has 113 valence electrons. The topological polar surface area (TPSA) is 51.7 Å². The van der Waals surface area contributed by atoms with Crippen LogP contribution in [0.15, 0.2) is 24.3 Å². The molecule has 2 nitrogen and oxygen atoms in total. The van der Waals surface area contributed by atoms with E-state index >= 15 is 0 Å². The van der Waals surface area contributed by atoms with Crippen molar-refractivity contribution in [3.8, 4) is 18.1 Å². The third-order valence-corrected chi connectivity index (χ3v) is 2.39. The monoisotopic (exact) mass is 367 g/mol. The Kier molecular flexibility index (Phi) is 15.2. The molecular weight excluding hydrogens is 344 g/mol. The Morgan fingerprint density at radius 2 is 1.62 bits per heavy atom. The maximum absolute atomic E-state index is 13.4. The van der Waals surface area contributed by atoms with Crippen molar-refractivity contribution < 1.29 is 47.7 Å². The van der Waals surface area contributed by atoms with Crippen LogP contribution in [0.3, 0.4) is 0 Å². The van der Waals surface area contributed by atoms with Gasteiger partial charge in [0.15, 0.2) is 0 Å². The molecule has 0 aromatic heterocycles. The van der Waals surface area contributed by atoms with Crippen LogP contribution in [-0.2, 0) is 32.7 Å². The number of hydrogen-bond acceptors (Lipinski definition) is 1. The minimum absolute atomic E-state index is 0. The van der Waals surface area contributed by atoms with E-state index in [1.165, 1.54) is 6.07 Å². The fraction of sp³-hybridized carbons (Fsp3) is 0.294. The zero-order valence-corrected chi connectivity index (χ0v) is 16.1. The second kappa shape index (κ2) is 12.8. The minimum Gasteiger partial charge on any atom is -0.508 e. The summed E-state index contributed by atoms with van der Waals surface area (Å²) in [7, 11) is 0. The van der Waals surface area contributed by atoms with Crippen molar-refractivity contribution in [2.75, 3.05) is 0 Å². The number of aromatic hydroxyl groups is 1. The van der Waals surface area contributed by atoms with E-state index < -0.39 is 5.82 Å². The molecule has 0 unspecified atom stereocenters. The van der Waals surface area contributed by atoms with Crippen LogP contribution in [-0.4, -0.2) is 10.6 Å². The molecule has 21 heavy (non-hydrogen) atoms. The average molecular weight is 367 g/mol. The number of halogens is 1. The van der Waals surface area contributed by atoms with Gasteiger partial charge in [-0.1, -0.05) is 39.7 Å². The molecule has 3 N–H and O–H groups in total. The van der Waals surface area contributed by atoms with E-state index in [4.69, 9.17) is 6.42 Å². The van der Waals surface area contributed by atoms with Crippen LogP contribution in [0.25, 0.3) is 10.8 Å². The molecule has 0 saturated heterocycles. The van der Waals surface area contributed by atoms with Gasteiger partial charge in [-0.25, -0.2) is 4.39 Å². The molecule has 0 amide bonds. The zero-order valence-electron chi connectivity index (χ0n) is 13.3. The second-order valence-corrected chi connectivity index (χ2v) is 3.43. The second-order valence-electron chi connectivity index (χ2n) is 3.43. The van der Waals surface area contributed by atoms with Crippen LogP contribution in [0, 0.1) is 25.1 Å². The molecule has 0 fully saturated rings. The van der Waals surface area contributed by atoms with Crippen molar-refractivity contribution in [3.05, 3.63) is 41.2 Å². The fourth-order valence-corrected chi connectivity index (χ4v) is 1.77. The van der Waals surface area contributed by atoms with Gasteiger partial charge in [0.1, 0.15) is 11.6 Å². The standard InChI is InChI=1S/C13H9FO.2C2H6.H2O.Y/c1-3-11-12(14)5-4-9-7-10(15)6-8(2)13(9)11;2*1-2;;/h1,4-7,15H,2H3;2*1-2H3;1H2;. The smallest absolute Gasteiger partial charge is 0.139 e. The molecular formula is C17H23FO2Y. The molecule has 0 saturated carbocycles. The molecule has 1 radical (unpaired) electrons. The quantitative estimate of drug-likeness (QED) is 0.697. The third-order valence-electron chi connectivity index (χ3n) is 2.39. The number of phenols is 1. The number of aryl methyl sites for hydroxylation is 1. The van der Waals surface area contributed by atoms with E-state index in [1.807, 2.05) is 27.7 Å². The SMILES string of the molecule is C#Cc1c(F)ccc2cc(O)cc(C)c12.CC.CC.O.[Y]. The van der Waals surface area contributed by atoms with E-state index in [0.29, 0.717) is 5.39 Å². The number of benzene rings is 2. The first-order chi connectivity index (χ1) is 9.13. The fourth-order valence-electron chi connectivity index (χ4n) is 1.77. The number of terminal acetylenes is 1. The molecule has 0 bridgehead atoms. The van der Waals surface area contributed by atoms with E-state index in [9.17, 15) is 9.50 Å². The van der Waals surface area contributed by atoms with Gasteiger partial charge in [0.25, 0.3) is 0 Å². The van der Waals surface area contributed by atoms with Crippen LogP contribution in [0.5, 0.6) is 5.75 Å². The van der Waals surface area contributed by atoms with Crippen LogP contribution >= 0.6 is 0 Å². The summed E-state index contributed by atoms with van der Waals surface area (Å²) in [4.78, 5) is 0. The normalized spacial score (nSPS) is 7.86. The molecule has 0 aliphatic carbocycles. The van der Waals surface area contributed by atoms with E-state index in [-0.39, 0.29) is 49.5 Å². The van der Waals surface area contributed by atoms with Gasteiger partial charge in [-0.05, 0) is 36.1 Å². The van der Waals surface area contributed by atoms with Gasteiger partial charge in [0, 0.05) is 38.1 Å². The third kappa shape index (κ3) is 6.14. The number of phenolic OH excluding ortho intramolecular Hbond substituents is 1. The molecule has 2 rings (SSSR count). The largest absolute Gasteiger partial charge is 0.508 e. The van der Waals surface area contributed by atoms with Gasteiger partial charge >= 0.3 is 0 Å². The van der Waals surface area contributed by atoms with Gasteiger partial charge in [-0.15, -0.1) is 6.42 Å². The van der Waals surface area contributed by atoms with Crippen molar-refractivity contribution in [2.45, 2.75) is 34.6 Å². The maximum Gasteiger partial charge on any atom is 0.139 e. The molecule has 4 heteroatoms. The Bertz CT molecular complexity index is 589. The van der Waals surface area contributed by atoms with Crippen LogP contribution in [0.2, 0.25) is 0 Å². The Morgan fingerprint density at radius 3 is 2.10 bits per heavy atom. The van der Waals surface area contributed by atoms with Gasteiger partial charge in [-0.3, -0.25) is 0 Å². The summed E-state index contributed by atoms with van der Waals surface area (Å²) in [5, 5.41) is 10.8. The van der Waals surface area contributed by atoms with Crippen molar-refractivity contribution >= 4 is 10.8 Å². The Morgan fingerprint density at radius 1 is 1.10 bits per heavy atom. The molecule has 0 atom stereocenters. The maximum atomic E-state index is 13.4. The van der Waals surface area contributed by atoms with E-state index in [0.717, 1.165) is 10.9 Å². The Labute approximate surface area is 152 Å². The van der Waals surface area contributed by atoms with Crippen molar-refractivity contribution in [3.63, 3.8) is 0 Å². The summed E-state index contributed by atoms with van der Waals surface area (Å²) in [5.74, 6) is 2.10. The predicted octanol–water partition coefficient (Wildman–Crippen LogP) is 4.20. The number of hydrogen-bond donors (Lipinski definition) is 1. The summed E-state index contributed by atoms with van der Waals surface area (Å²) in [6.07, 6.45) is 5.27. The number of fused-ring (bicyclic) bond motifs is 1. The predicted molar refractivity (Wildman–Crippen MR) is 84.6 cm³/mol. The zero-order chi connectivity index (χ0) is 15.0. The van der Waals surface area contributed by atoms with Crippen molar-refractivity contribution in [1.82, 2.24) is 0 Å². The van der Waals surface area contributed by atoms with Gasteiger partial charge < -0.3 is 10.6 Å². The van der Waals surface area contributed by atoms with Crippen molar-refractivity contribution in [2.24, 2.45) is 0 Å². The van der Waals surface area contributed by atoms with Crippen LogP contribution < -0.4 is 0 Å². The Balaban J connectivity index is -0.000000499. The summed E-state index contributed by atoms with van der Waals surface area (Å²) in [5.41, 5.74) is 1.03. The summed E-state index contributed by atoms with van der Waals surface area (Å²) >= 11 is 0. The van der Waals surface area contributed by atoms with Crippen LogP contribution in [0.4, 0.5) is 4.39 Å². The van der Waals surface area contributed by atoms with E-state index in [1.54, 1.807) is 25.1 Å². The molecule has 0 aliphatic rings. The average Bonchev–Trinajstić information content (AvgIpc) is 2.43. The van der Waals surface area contributed by atoms with Gasteiger partial charge in [0.05, 0.1) is 5.56 Å². The first-order valence-corrected chi connectivity index (χ1v) is 6.52. The molecule has 2 aromatic rings. The van der Waals surface area contributed by atoms with Crippen LogP contribution in [0.1, 0.15) is 38.8 Å². The van der Waals surface area contributed by atoms with Gasteiger partial charge in [-0.2, -0.15) is 0 Å². The summed E-state index contributed by atoms with van der Waals surface area (Å²) in [6.45, 7) is 9.79. The molecule has 0 aliphatic heterocycles. The summed E-state index contributed by atoms with van der Waals surface area (Å²) in [6, 6.07) is 6.07.